The number of carbonyl (C=O) groups is 1. The van der Waals surface area contributed by atoms with Crippen molar-refractivity contribution in [3.05, 3.63) is 69.1 Å². The van der Waals surface area contributed by atoms with Gasteiger partial charge in [0.15, 0.2) is 0 Å². The van der Waals surface area contributed by atoms with E-state index in [9.17, 15) is 26.4 Å². The van der Waals surface area contributed by atoms with Gasteiger partial charge in [-0.3, -0.25) is 4.79 Å². The Kier molecular flexibility index (Phi) is 7.28. The number of benzene rings is 2. The van der Waals surface area contributed by atoms with E-state index in [4.69, 9.17) is 23.2 Å². The van der Waals surface area contributed by atoms with Crippen molar-refractivity contribution in [1.29, 1.82) is 0 Å². The molecule has 3 aromatic rings. The molecule has 0 aliphatic rings. The fourth-order valence-corrected chi connectivity index (χ4v) is 5.11. The highest BCUT2D eigenvalue weighted by atomic mass is 35.5. The minimum Gasteiger partial charge on any atom is -0.352 e. The molecule has 0 bridgehead atoms. The molecule has 0 radical (unpaired) electrons. The van der Waals surface area contributed by atoms with E-state index in [-0.39, 0.29) is 17.1 Å². The Morgan fingerprint density at radius 2 is 1.81 bits per heavy atom. The standard InChI is InChI=1S/C18H13Cl2F3N4O3S2/c19-12-3-6-15(20)14(9-12)16(28)24-8-7-11-1-4-13(5-2-11)32(29,30)27(18(21,22)23)17-26-25-10-31-17/h1-6,9-10H,7-8H2,(H,24,28). The maximum absolute atomic E-state index is 13.4. The van der Waals surface area contributed by atoms with E-state index >= 15 is 0 Å². The van der Waals surface area contributed by atoms with Gasteiger partial charge >= 0.3 is 6.30 Å². The van der Waals surface area contributed by atoms with Crippen molar-refractivity contribution in [2.75, 3.05) is 10.8 Å². The van der Waals surface area contributed by atoms with Gasteiger partial charge in [0, 0.05) is 11.6 Å². The predicted molar refractivity (Wildman–Crippen MR) is 115 cm³/mol. The Morgan fingerprint density at radius 1 is 1.12 bits per heavy atom. The zero-order valence-corrected chi connectivity index (χ0v) is 19.0. The van der Waals surface area contributed by atoms with E-state index in [2.05, 4.69) is 15.5 Å². The summed E-state index contributed by atoms with van der Waals surface area (Å²) in [4.78, 5) is 11.7. The van der Waals surface area contributed by atoms with Crippen LogP contribution in [0.15, 0.2) is 52.9 Å². The molecule has 0 saturated heterocycles. The van der Waals surface area contributed by atoms with E-state index in [1.54, 1.807) is 6.07 Å². The van der Waals surface area contributed by atoms with Crippen molar-refractivity contribution in [3.8, 4) is 0 Å². The lowest BCUT2D eigenvalue weighted by Crippen LogP contribution is -2.43. The molecule has 0 atom stereocenters. The molecule has 1 N–H and O–H groups in total. The van der Waals surface area contributed by atoms with Crippen LogP contribution < -0.4 is 9.62 Å². The summed E-state index contributed by atoms with van der Waals surface area (Å²) < 4.78 is 64.6. The molecule has 3 rings (SSSR count). The number of carbonyl (C=O) groups excluding carboxylic acids is 1. The predicted octanol–water partition coefficient (Wildman–Crippen LogP) is 4.53. The van der Waals surface area contributed by atoms with Crippen LogP contribution in [0, 0.1) is 0 Å². The molecule has 7 nitrogen and oxygen atoms in total. The van der Waals surface area contributed by atoms with E-state index in [0.29, 0.717) is 28.3 Å². The van der Waals surface area contributed by atoms with Gasteiger partial charge in [-0.15, -0.1) is 27.7 Å². The molecular formula is C18H13Cl2F3N4O3S2. The van der Waals surface area contributed by atoms with Crippen LogP contribution >= 0.6 is 34.5 Å². The van der Waals surface area contributed by atoms with E-state index in [1.807, 2.05) is 0 Å². The lowest BCUT2D eigenvalue weighted by Gasteiger charge is -2.23. The lowest BCUT2D eigenvalue weighted by atomic mass is 10.1. The van der Waals surface area contributed by atoms with E-state index in [1.165, 1.54) is 24.3 Å². The molecule has 1 heterocycles. The molecule has 1 amide bonds. The molecule has 0 aliphatic heterocycles. The Balaban J connectivity index is 1.69. The van der Waals surface area contributed by atoms with Crippen LogP contribution in [-0.2, 0) is 16.4 Å². The summed E-state index contributed by atoms with van der Waals surface area (Å²) in [6.45, 7) is 0.174. The second kappa shape index (κ2) is 9.61. The maximum atomic E-state index is 13.4. The SMILES string of the molecule is O=C(NCCc1ccc(S(=O)(=O)N(c2nncs2)C(F)(F)F)cc1)c1cc(Cl)ccc1Cl. The van der Waals surface area contributed by atoms with Crippen molar-refractivity contribution < 1.29 is 26.4 Å². The highest BCUT2D eigenvalue weighted by Crippen LogP contribution is 2.35. The maximum Gasteiger partial charge on any atom is 0.500 e. The fraction of sp³-hybridized carbons (Fsp3) is 0.167. The third-order valence-corrected chi connectivity index (χ3v) is 7.17. The number of sulfonamides is 1. The Bertz CT molecular complexity index is 1210. The number of halogens is 5. The molecule has 170 valence electrons. The van der Waals surface area contributed by atoms with Gasteiger partial charge in [0.2, 0.25) is 5.13 Å². The van der Waals surface area contributed by atoms with Crippen molar-refractivity contribution in [2.45, 2.75) is 17.6 Å². The Labute approximate surface area is 194 Å². The van der Waals surface area contributed by atoms with Gasteiger partial charge in [0.05, 0.1) is 15.5 Å². The van der Waals surface area contributed by atoms with Gasteiger partial charge in [-0.25, -0.2) is 8.42 Å². The Hall–Kier alpha value is -2.41. The van der Waals surface area contributed by atoms with Crippen molar-refractivity contribution in [2.24, 2.45) is 0 Å². The smallest absolute Gasteiger partial charge is 0.352 e. The molecular weight excluding hydrogens is 512 g/mol. The van der Waals surface area contributed by atoms with Crippen LogP contribution in [0.4, 0.5) is 18.3 Å². The van der Waals surface area contributed by atoms with E-state index in [0.717, 1.165) is 17.6 Å². The molecule has 0 spiro atoms. The van der Waals surface area contributed by atoms with Crippen LogP contribution in [-0.4, -0.2) is 37.4 Å². The highest BCUT2D eigenvalue weighted by molar-refractivity contribution is 7.93. The van der Waals surface area contributed by atoms with Crippen molar-refractivity contribution >= 4 is 55.6 Å². The van der Waals surface area contributed by atoms with Gasteiger partial charge in [-0.1, -0.05) is 46.7 Å². The number of nitrogens with zero attached hydrogens (tertiary/aromatic N) is 3. The summed E-state index contributed by atoms with van der Waals surface area (Å²) in [7, 11) is -4.96. The Morgan fingerprint density at radius 3 is 2.41 bits per heavy atom. The number of hydrogen-bond acceptors (Lipinski definition) is 6. The normalized spacial score (nSPS) is 11.9. The van der Waals surface area contributed by atoms with Crippen LogP contribution in [0.2, 0.25) is 10.0 Å². The summed E-state index contributed by atoms with van der Waals surface area (Å²) in [5, 5.41) is 8.90. The van der Waals surface area contributed by atoms with Crippen LogP contribution in [0.5, 0.6) is 0 Å². The fourth-order valence-electron chi connectivity index (χ4n) is 2.62. The minimum atomic E-state index is -5.22. The van der Waals surface area contributed by atoms with Gasteiger partial charge < -0.3 is 5.32 Å². The van der Waals surface area contributed by atoms with Crippen LogP contribution in [0.1, 0.15) is 15.9 Å². The summed E-state index contributed by atoms with van der Waals surface area (Å²) in [5.41, 5.74) is 1.79. The van der Waals surface area contributed by atoms with Gasteiger partial charge in [-0.2, -0.15) is 0 Å². The molecule has 0 fully saturated rings. The molecule has 0 aliphatic carbocycles. The molecule has 1 aromatic heterocycles. The molecule has 14 heteroatoms. The molecule has 32 heavy (non-hydrogen) atoms. The average Bonchev–Trinajstić information content (AvgIpc) is 3.22. The van der Waals surface area contributed by atoms with E-state index < -0.39 is 36.6 Å². The van der Waals surface area contributed by atoms with Crippen molar-refractivity contribution in [1.82, 2.24) is 15.5 Å². The first-order chi connectivity index (χ1) is 15.0. The number of amides is 1. The monoisotopic (exact) mass is 524 g/mol. The number of anilines is 1. The van der Waals surface area contributed by atoms with Crippen LogP contribution in [0.25, 0.3) is 0 Å². The first-order valence-corrected chi connectivity index (χ1v) is 11.8. The molecule has 0 saturated carbocycles. The second-order valence-corrected chi connectivity index (χ2v) is 9.67. The quantitative estimate of drug-likeness (QED) is 0.458. The van der Waals surface area contributed by atoms with Gasteiger partial charge in [0.1, 0.15) is 5.51 Å². The zero-order chi connectivity index (χ0) is 23.5. The number of rotatable bonds is 7. The van der Waals surface area contributed by atoms with Crippen LogP contribution in [0.3, 0.4) is 0 Å². The minimum absolute atomic E-state index is 0.174. The largest absolute Gasteiger partial charge is 0.500 e. The number of hydrogen-bond donors (Lipinski definition) is 1. The zero-order valence-electron chi connectivity index (χ0n) is 15.8. The summed E-state index contributed by atoms with van der Waals surface area (Å²) >= 11 is 12.3. The second-order valence-electron chi connectivity index (χ2n) is 6.23. The van der Waals surface area contributed by atoms with Crippen molar-refractivity contribution in [3.63, 3.8) is 0 Å². The third kappa shape index (κ3) is 5.49. The molecule has 2 aromatic carbocycles. The average molecular weight is 525 g/mol. The molecule has 0 unspecified atom stereocenters. The lowest BCUT2D eigenvalue weighted by molar-refractivity contribution is -0.115. The first kappa shape index (κ1) is 24.2. The summed E-state index contributed by atoms with van der Waals surface area (Å²) in [6.07, 6.45) is -4.92. The van der Waals surface area contributed by atoms with Gasteiger partial charge in [-0.05, 0) is 42.3 Å². The highest BCUT2D eigenvalue weighted by Gasteiger charge is 2.48. The topological polar surface area (TPSA) is 92.3 Å². The van der Waals surface area contributed by atoms with Gasteiger partial charge in [0.25, 0.3) is 15.9 Å². The summed E-state index contributed by atoms with van der Waals surface area (Å²) in [5.74, 6) is -0.449. The first-order valence-electron chi connectivity index (χ1n) is 8.70. The number of nitrogens with one attached hydrogen (secondary N) is 1. The third-order valence-electron chi connectivity index (χ3n) is 4.09. The number of alkyl halides is 3. The summed E-state index contributed by atoms with van der Waals surface area (Å²) in [6, 6.07) is 9.29. The number of aromatic nitrogens is 2.